The van der Waals surface area contributed by atoms with Gasteiger partial charge in [0, 0.05) is 5.39 Å². The number of aromatic nitrogens is 1. The van der Waals surface area contributed by atoms with Crippen LogP contribution in [0, 0.1) is 0 Å². The molecule has 0 saturated carbocycles. The molecule has 0 radical (unpaired) electrons. The zero-order chi connectivity index (χ0) is 13.1. The van der Waals surface area contributed by atoms with Gasteiger partial charge in [-0.25, -0.2) is 4.98 Å². The monoisotopic (exact) mass is 247 g/mol. The van der Waals surface area contributed by atoms with Gasteiger partial charge in [0.25, 0.3) is 0 Å². The SMILES string of the molecule is COc1ccc(OC)c2nc(CC(=O)O)ccc12. The summed E-state index contributed by atoms with van der Waals surface area (Å²) in [6, 6.07) is 7.01. The van der Waals surface area contributed by atoms with E-state index in [-0.39, 0.29) is 6.42 Å². The van der Waals surface area contributed by atoms with Crippen LogP contribution in [0.3, 0.4) is 0 Å². The summed E-state index contributed by atoms with van der Waals surface area (Å²) in [5, 5.41) is 9.57. The van der Waals surface area contributed by atoms with E-state index in [1.807, 2.05) is 0 Å². The molecule has 2 aromatic rings. The van der Waals surface area contributed by atoms with Crippen molar-refractivity contribution in [3.05, 3.63) is 30.0 Å². The van der Waals surface area contributed by atoms with E-state index in [0.29, 0.717) is 22.7 Å². The first-order valence-electron chi connectivity index (χ1n) is 5.38. The highest BCUT2D eigenvalue weighted by Gasteiger charge is 2.10. The summed E-state index contributed by atoms with van der Waals surface area (Å²) < 4.78 is 10.5. The van der Waals surface area contributed by atoms with Crippen LogP contribution >= 0.6 is 0 Å². The first-order chi connectivity index (χ1) is 8.65. The van der Waals surface area contributed by atoms with Gasteiger partial charge in [0.2, 0.25) is 0 Å². The number of carboxylic acids is 1. The highest BCUT2D eigenvalue weighted by Crippen LogP contribution is 2.31. The van der Waals surface area contributed by atoms with Crippen LogP contribution < -0.4 is 9.47 Å². The third-order valence-corrected chi connectivity index (χ3v) is 2.61. The van der Waals surface area contributed by atoms with Gasteiger partial charge in [0.05, 0.1) is 26.3 Å². The zero-order valence-corrected chi connectivity index (χ0v) is 10.1. The van der Waals surface area contributed by atoms with Crippen LogP contribution in [0.15, 0.2) is 24.3 Å². The summed E-state index contributed by atoms with van der Waals surface area (Å²) in [7, 11) is 3.12. The third kappa shape index (κ3) is 2.20. The number of benzene rings is 1. The van der Waals surface area contributed by atoms with Gasteiger partial charge < -0.3 is 14.6 Å². The lowest BCUT2D eigenvalue weighted by Crippen LogP contribution is -2.03. The van der Waals surface area contributed by atoms with Gasteiger partial charge >= 0.3 is 5.97 Å². The van der Waals surface area contributed by atoms with Crippen LogP contribution in [0.5, 0.6) is 11.5 Å². The second-order valence-electron chi connectivity index (χ2n) is 3.74. The Morgan fingerprint density at radius 1 is 1.17 bits per heavy atom. The summed E-state index contributed by atoms with van der Waals surface area (Å²) in [6.45, 7) is 0. The molecule has 5 nitrogen and oxygen atoms in total. The number of carbonyl (C=O) groups is 1. The highest BCUT2D eigenvalue weighted by molar-refractivity contribution is 5.90. The summed E-state index contributed by atoms with van der Waals surface area (Å²) >= 11 is 0. The van der Waals surface area contributed by atoms with E-state index < -0.39 is 5.97 Å². The lowest BCUT2D eigenvalue weighted by atomic mass is 10.1. The largest absolute Gasteiger partial charge is 0.496 e. The molecule has 18 heavy (non-hydrogen) atoms. The van der Waals surface area contributed by atoms with E-state index in [1.54, 1.807) is 38.5 Å². The standard InChI is InChI=1S/C13H13NO4/c1-17-10-5-6-11(18-2)13-9(10)4-3-8(14-13)7-12(15)16/h3-6H,7H2,1-2H3,(H,15,16). The Labute approximate surface area is 104 Å². The van der Waals surface area contributed by atoms with Crippen LogP contribution in [-0.2, 0) is 11.2 Å². The summed E-state index contributed by atoms with van der Waals surface area (Å²) in [6.07, 6.45) is -0.115. The van der Waals surface area contributed by atoms with Crippen LogP contribution in [0.25, 0.3) is 10.9 Å². The molecular formula is C13H13NO4. The van der Waals surface area contributed by atoms with Gasteiger partial charge in [-0.05, 0) is 24.3 Å². The number of carboxylic acid groups (broad SMARTS) is 1. The highest BCUT2D eigenvalue weighted by atomic mass is 16.5. The minimum absolute atomic E-state index is 0.115. The van der Waals surface area contributed by atoms with E-state index in [2.05, 4.69) is 4.98 Å². The molecular weight excluding hydrogens is 234 g/mol. The quantitative estimate of drug-likeness (QED) is 0.893. The van der Waals surface area contributed by atoms with Crippen molar-refractivity contribution in [3.8, 4) is 11.5 Å². The summed E-state index contributed by atoms with van der Waals surface area (Å²) in [5.74, 6) is 0.363. The minimum Gasteiger partial charge on any atom is -0.496 e. The van der Waals surface area contributed by atoms with Gasteiger partial charge in [-0.2, -0.15) is 0 Å². The number of hydrogen-bond acceptors (Lipinski definition) is 4. The predicted molar refractivity (Wildman–Crippen MR) is 66.2 cm³/mol. The van der Waals surface area contributed by atoms with Gasteiger partial charge in [-0.1, -0.05) is 0 Å². The van der Waals surface area contributed by atoms with Gasteiger partial charge in [-0.15, -0.1) is 0 Å². The zero-order valence-electron chi connectivity index (χ0n) is 10.1. The summed E-state index contributed by atoms with van der Waals surface area (Å²) in [4.78, 5) is 15.0. The number of methoxy groups -OCH3 is 2. The van der Waals surface area contributed by atoms with E-state index in [4.69, 9.17) is 14.6 Å². The number of hydrogen-bond donors (Lipinski definition) is 1. The summed E-state index contributed by atoms with van der Waals surface area (Å²) in [5.41, 5.74) is 1.09. The lowest BCUT2D eigenvalue weighted by molar-refractivity contribution is -0.136. The van der Waals surface area contributed by atoms with Gasteiger partial charge in [0.15, 0.2) is 0 Å². The van der Waals surface area contributed by atoms with Crippen molar-refractivity contribution in [2.24, 2.45) is 0 Å². The number of ether oxygens (including phenoxy) is 2. The molecule has 1 N–H and O–H groups in total. The first kappa shape index (κ1) is 12.2. The average molecular weight is 247 g/mol. The Morgan fingerprint density at radius 2 is 1.83 bits per heavy atom. The van der Waals surface area contributed by atoms with E-state index in [1.165, 1.54) is 0 Å². The van der Waals surface area contributed by atoms with Crippen molar-refractivity contribution in [2.45, 2.75) is 6.42 Å². The second kappa shape index (κ2) is 4.91. The Kier molecular flexibility index (Phi) is 3.32. The number of nitrogens with zero attached hydrogens (tertiary/aromatic N) is 1. The number of rotatable bonds is 4. The average Bonchev–Trinajstić information content (AvgIpc) is 2.36. The van der Waals surface area contributed by atoms with Crippen LogP contribution in [0.2, 0.25) is 0 Å². The topological polar surface area (TPSA) is 68.7 Å². The molecule has 1 aromatic heterocycles. The Hall–Kier alpha value is -2.30. The molecule has 2 rings (SSSR count). The lowest BCUT2D eigenvalue weighted by Gasteiger charge is -2.09. The fraction of sp³-hybridized carbons (Fsp3) is 0.231. The number of fused-ring (bicyclic) bond motifs is 1. The molecule has 0 aliphatic heterocycles. The van der Waals surface area contributed by atoms with Gasteiger partial charge in [0.1, 0.15) is 17.0 Å². The third-order valence-electron chi connectivity index (χ3n) is 2.61. The molecule has 0 saturated heterocycles. The number of pyridine rings is 1. The Morgan fingerprint density at radius 3 is 2.44 bits per heavy atom. The van der Waals surface area contributed by atoms with Crippen molar-refractivity contribution >= 4 is 16.9 Å². The molecule has 1 aromatic carbocycles. The van der Waals surface area contributed by atoms with Crippen molar-refractivity contribution in [1.82, 2.24) is 4.98 Å². The van der Waals surface area contributed by atoms with Crippen LogP contribution in [0.4, 0.5) is 0 Å². The molecule has 0 unspecified atom stereocenters. The molecule has 0 atom stereocenters. The fourth-order valence-electron chi connectivity index (χ4n) is 1.80. The van der Waals surface area contributed by atoms with E-state index >= 15 is 0 Å². The molecule has 0 aliphatic rings. The maximum Gasteiger partial charge on any atom is 0.309 e. The van der Waals surface area contributed by atoms with Crippen LogP contribution in [0.1, 0.15) is 5.69 Å². The first-order valence-corrected chi connectivity index (χ1v) is 5.38. The smallest absolute Gasteiger partial charge is 0.309 e. The van der Waals surface area contributed by atoms with Crippen LogP contribution in [-0.4, -0.2) is 30.3 Å². The van der Waals surface area contributed by atoms with Crippen molar-refractivity contribution in [1.29, 1.82) is 0 Å². The minimum atomic E-state index is -0.913. The Balaban J connectivity index is 2.62. The molecule has 5 heteroatoms. The van der Waals surface area contributed by atoms with Crippen molar-refractivity contribution in [3.63, 3.8) is 0 Å². The fourth-order valence-corrected chi connectivity index (χ4v) is 1.80. The van der Waals surface area contributed by atoms with E-state index in [0.717, 1.165) is 5.39 Å². The maximum atomic E-state index is 10.7. The predicted octanol–water partition coefficient (Wildman–Crippen LogP) is 1.88. The Bertz CT molecular complexity index is 595. The maximum absolute atomic E-state index is 10.7. The normalized spacial score (nSPS) is 10.3. The molecule has 0 amide bonds. The van der Waals surface area contributed by atoms with Crippen molar-refractivity contribution < 1.29 is 19.4 Å². The van der Waals surface area contributed by atoms with Gasteiger partial charge in [-0.3, -0.25) is 4.79 Å². The molecule has 0 aliphatic carbocycles. The second-order valence-corrected chi connectivity index (χ2v) is 3.74. The molecule has 94 valence electrons. The molecule has 0 bridgehead atoms. The number of aliphatic carboxylic acids is 1. The molecule has 0 spiro atoms. The molecule has 0 fully saturated rings. The van der Waals surface area contributed by atoms with E-state index in [9.17, 15) is 4.79 Å². The van der Waals surface area contributed by atoms with Crippen molar-refractivity contribution in [2.75, 3.05) is 14.2 Å². The molecule has 1 heterocycles.